The number of hydrogen-bond acceptors (Lipinski definition) is 3. The van der Waals surface area contributed by atoms with Gasteiger partial charge < -0.3 is 9.47 Å². The summed E-state index contributed by atoms with van der Waals surface area (Å²) in [7, 11) is 1.58. The number of ketones is 1. The highest BCUT2D eigenvalue weighted by molar-refractivity contribution is 9.10. The molecule has 0 fully saturated rings. The molecule has 0 aliphatic heterocycles. The van der Waals surface area contributed by atoms with Gasteiger partial charge in [0.1, 0.15) is 5.75 Å². The number of ether oxygens (including phenoxy) is 2. The molecule has 19 heavy (non-hydrogen) atoms. The van der Waals surface area contributed by atoms with E-state index < -0.39 is 0 Å². The molecule has 0 unspecified atom stereocenters. The summed E-state index contributed by atoms with van der Waals surface area (Å²) in [5.74, 6) is 1.67. The first-order chi connectivity index (χ1) is 9.11. The van der Waals surface area contributed by atoms with Crippen molar-refractivity contribution in [3.63, 3.8) is 0 Å². The molecule has 4 heteroatoms. The first-order valence-corrected chi connectivity index (χ1v) is 6.52. The molecule has 0 bridgehead atoms. The van der Waals surface area contributed by atoms with Crippen molar-refractivity contribution in [2.75, 3.05) is 7.11 Å². The number of para-hydroxylation sites is 2. The maximum Gasteiger partial charge on any atom is 0.169 e. The van der Waals surface area contributed by atoms with Gasteiger partial charge in [-0.05, 0) is 37.3 Å². The molecule has 0 saturated carbocycles. The molecule has 2 aromatic carbocycles. The molecule has 0 aromatic heterocycles. The van der Waals surface area contributed by atoms with Gasteiger partial charge in [-0.2, -0.15) is 0 Å². The minimum absolute atomic E-state index is 0.0498. The first kappa shape index (κ1) is 13.6. The van der Waals surface area contributed by atoms with E-state index in [4.69, 9.17) is 9.47 Å². The average Bonchev–Trinajstić information content (AvgIpc) is 2.41. The Kier molecular flexibility index (Phi) is 4.22. The fourth-order valence-corrected chi connectivity index (χ4v) is 2.05. The summed E-state index contributed by atoms with van der Waals surface area (Å²) in [5.41, 5.74) is 0.528. The van der Waals surface area contributed by atoms with Gasteiger partial charge in [-0.25, -0.2) is 0 Å². The Labute approximate surface area is 120 Å². The third-order valence-electron chi connectivity index (χ3n) is 2.61. The number of Topliss-reactive ketones (excluding diaryl/α,β-unsaturated/α-hetero) is 1. The molecule has 0 spiro atoms. The molecule has 3 nitrogen and oxygen atoms in total. The predicted molar refractivity (Wildman–Crippen MR) is 77.2 cm³/mol. The van der Waals surface area contributed by atoms with Crippen LogP contribution in [-0.2, 0) is 0 Å². The maximum atomic E-state index is 11.6. The van der Waals surface area contributed by atoms with Gasteiger partial charge in [0.25, 0.3) is 0 Å². The van der Waals surface area contributed by atoms with Crippen LogP contribution < -0.4 is 9.47 Å². The van der Waals surface area contributed by atoms with Gasteiger partial charge in [-0.3, -0.25) is 4.79 Å². The third kappa shape index (κ3) is 3.15. The SMILES string of the molecule is COc1ccccc1Oc1ccc(Br)cc1C(C)=O. The van der Waals surface area contributed by atoms with E-state index in [1.54, 1.807) is 25.3 Å². The smallest absolute Gasteiger partial charge is 0.169 e. The summed E-state index contributed by atoms with van der Waals surface area (Å²) >= 11 is 3.35. The second-order valence-electron chi connectivity index (χ2n) is 3.95. The number of hydrogen-bond donors (Lipinski definition) is 0. The van der Waals surface area contributed by atoms with E-state index >= 15 is 0 Å². The Morgan fingerprint density at radius 1 is 1.05 bits per heavy atom. The molecule has 98 valence electrons. The standard InChI is InChI=1S/C15H13BrO3/c1-10(17)12-9-11(16)7-8-13(12)19-15-6-4-3-5-14(15)18-2/h3-9H,1-2H3. The Bertz CT molecular complexity index is 608. The van der Waals surface area contributed by atoms with Crippen LogP contribution in [0.25, 0.3) is 0 Å². The van der Waals surface area contributed by atoms with Crippen LogP contribution in [0.2, 0.25) is 0 Å². The van der Waals surface area contributed by atoms with Crippen molar-refractivity contribution in [3.8, 4) is 17.2 Å². The molecule has 0 saturated heterocycles. The van der Waals surface area contributed by atoms with Crippen molar-refractivity contribution in [2.24, 2.45) is 0 Å². The lowest BCUT2D eigenvalue weighted by Crippen LogP contribution is -1.98. The monoisotopic (exact) mass is 320 g/mol. The van der Waals surface area contributed by atoms with E-state index in [0.29, 0.717) is 22.8 Å². The van der Waals surface area contributed by atoms with E-state index in [1.165, 1.54) is 6.92 Å². The van der Waals surface area contributed by atoms with Crippen LogP contribution >= 0.6 is 15.9 Å². The van der Waals surface area contributed by atoms with Crippen LogP contribution in [0.3, 0.4) is 0 Å². The van der Waals surface area contributed by atoms with E-state index in [1.807, 2.05) is 24.3 Å². The van der Waals surface area contributed by atoms with E-state index in [2.05, 4.69) is 15.9 Å². The van der Waals surface area contributed by atoms with Gasteiger partial charge in [0.2, 0.25) is 0 Å². The highest BCUT2D eigenvalue weighted by Crippen LogP contribution is 2.33. The summed E-state index contributed by atoms with van der Waals surface area (Å²) in [6.07, 6.45) is 0. The van der Waals surface area contributed by atoms with Crippen molar-refractivity contribution in [1.82, 2.24) is 0 Å². The van der Waals surface area contributed by atoms with Gasteiger partial charge in [0.05, 0.1) is 12.7 Å². The van der Waals surface area contributed by atoms with Crippen LogP contribution in [0, 0.1) is 0 Å². The molecule has 2 rings (SSSR count). The molecular weight excluding hydrogens is 308 g/mol. The molecule has 0 aliphatic carbocycles. The fraction of sp³-hybridized carbons (Fsp3) is 0.133. The van der Waals surface area contributed by atoms with Crippen LogP contribution in [-0.4, -0.2) is 12.9 Å². The highest BCUT2D eigenvalue weighted by Gasteiger charge is 2.12. The van der Waals surface area contributed by atoms with Gasteiger partial charge >= 0.3 is 0 Å². The van der Waals surface area contributed by atoms with E-state index in [0.717, 1.165) is 4.47 Å². The van der Waals surface area contributed by atoms with Crippen LogP contribution in [0.5, 0.6) is 17.2 Å². The number of methoxy groups -OCH3 is 1. The second-order valence-corrected chi connectivity index (χ2v) is 4.87. The van der Waals surface area contributed by atoms with Crippen molar-refractivity contribution in [3.05, 3.63) is 52.5 Å². The zero-order valence-electron chi connectivity index (χ0n) is 10.6. The minimum atomic E-state index is -0.0498. The molecule has 2 aromatic rings. The zero-order valence-corrected chi connectivity index (χ0v) is 12.2. The lowest BCUT2D eigenvalue weighted by molar-refractivity contribution is 0.101. The molecular formula is C15H13BrO3. The summed E-state index contributed by atoms with van der Waals surface area (Å²) in [6.45, 7) is 1.51. The molecule has 0 aliphatic rings. The van der Waals surface area contributed by atoms with Crippen molar-refractivity contribution in [1.29, 1.82) is 0 Å². The minimum Gasteiger partial charge on any atom is -0.493 e. The van der Waals surface area contributed by atoms with Crippen molar-refractivity contribution in [2.45, 2.75) is 6.92 Å². The number of carbonyl (C=O) groups is 1. The Morgan fingerprint density at radius 3 is 2.37 bits per heavy atom. The lowest BCUT2D eigenvalue weighted by Gasteiger charge is -2.12. The summed E-state index contributed by atoms with van der Waals surface area (Å²) < 4.78 is 11.8. The van der Waals surface area contributed by atoms with Gasteiger partial charge in [0, 0.05) is 4.47 Å². The second kappa shape index (κ2) is 5.89. The topological polar surface area (TPSA) is 35.5 Å². The summed E-state index contributed by atoms with van der Waals surface area (Å²) in [5, 5.41) is 0. The Morgan fingerprint density at radius 2 is 1.74 bits per heavy atom. The van der Waals surface area contributed by atoms with Gasteiger partial charge in [-0.15, -0.1) is 0 Å². The Balaban J connectivity index is 2.41. The maximum absolute atomic E-state index is 11.6. The quantitative estimate of drug-likeness (QED) is 0.780. The molecule has 0 radical (unpaired) electrons. The van der Waals surface area contributed by atoms with Crippen LogP contribution in [0.15, 0.2) is 46.9 Å². The fourth-order valence-electron chi connectivity index (χ4n) is 1.69. The number of halogens is 1. The number of carbonyl (C=O) groups excluding carboxylic acids is 1. The molecule has 0 atom stereocenters. The van der Waals surface area contributed by atoms with E-state index in [9.17, 15) is 4.79 Å². The van der Waals surface area contributed by atoms with Crippen LogP contribution in [0.4, 0.5) is 0 Å². The predicted octanol–water partition coefficient (Wildman–Crippen LogP) is 4.45. The third-order valence-corrected chi connectivity index (χ3v) is 3.10. The Hall–Kier alpha value is -1.81. The van der Waals surface area contributed by atoms with Crippen LogP contribution in [0.1, 0.15) is 17.3 Å². The largest absolute Gasteiger partial charge is 0.493 e. The summed E-state index contributed by atoms with van der Waals surface area (Å²) in [6, 6.07) is 12.6. The van der Waals surface area contributed by atoms with E-state index in [-0.39, 0.29) is 5.78 Å². The normalized spacial score (nSPS) is 10.1. The molecule has 0 heterocycles. The first-order valence-electron chi connectivity index (χ1n) is 5.73. The highest BCUT2D eigenvalue weighted by atomic mass is 79.9. The van der Waals surface area contributed by atoms with Gasteiger partial charge in [-0.1, -0.05) is 28.1 Å². The summed E-state index contributed by atoms with van der Waals surface area (Å²) in [4.78, 5) is 11.6. The number of benzene rings is 2. The zero-order chi connectivity index (χ0) is 13.8. The van der Waals surface area contributed by atoms with Crippen molar-refractivity contribution < 1.29 is 14.3 Å². The van der Waals surface area contributed by atoms with Crippen molar-refractivity contribution >= 4 is 21.7 Å². The lowest BCUT2D eigenvalue weighted by atomic mass is 10.1. The number of rotatable bonds is 4. The molecule has 0 N–H and O–H groups in total. The average molecular weight is 321 g/mol. The molecule has 0 amide bonds. The van der Waals surface area contributed by atoms with Gasteiger partial charge in [0.15, 0.2) is 17.3 Å².